The first-order valence-corrected chi connectivity index (χ1v) is 14.8. The number of benzene rings is 1. The summed E-state index contributed by atoms with van der Waals surface area (Å²) in [5, 5.41) is 2.00. The fraction of sp³-hybridized carbons (Fsp3) is 0.400. The smallest absolute Gasteiger partial charge is 0.264 e. The molecule has 1 aromatic carbocycles. The lowest BCUT2D eigenvalue weighted by atomic mass is 9.77. The number of hydrogen-bond acceptors (Lipinski definition) is 6. The van der Waals surface area contributed by atoms with E-state index in [9.17, 15) is 9.59 Å². The van der Waals surface area contributed by atoms with Crippen molar-refractivity contribution in [1.29, 1.82) is 0 Å². The van der Waals surface area contributed by atoms with Gasteiger partial charge in [0.25, 0.3) is 11.8 Å². The van der Waals surface area contributed by atoms with Gasteiger partial charge in [0.1, 0.15) is 11.6 Å². The highest BCUT2D eigenvalue weighted by atomic mass is 32.1. The van der Waals surface area contributed by atoms with Gasteiger partial charge in [0.15, 0.2) is 0 Å². The van der Waals surface area contributed by atoms with Gasteiger partial charge >= 0.3 is 0 Å². The number of likely N-dealkylation sites (tertiary alicyclic amines) is 2. The van der Waals surface area contributed by atoms with Crippen molar-refractivity contribution >= 4 is 23.2 Å². The molecular weight excluding hydrogens is 522 g/mol. The maximum atomic E-state index is 13.4. The van der Waals surface area contributed by atoms with Gasteiger partial charge in [-0.2, -0.15) is 0 Å². The van der Waals surface area contributed by atoms with Crippen molar-refractivity contribution in [1.82, 2.24) is 34.6 Å². The molecule has 6 rings (SSSR count). The van der Waals surface area contributed by atoms with Crippen LogP contribution in [0.1, 0.15) is 62.1 Å². The largest absolute Gasteiger partial charge is 0.347 e. The molecule has 9 nitrogen and oxygen atoms in total. The van der Waals surface area contributed by atoms with Crippen LogP contribution in [0.15, 0.2) is 60.5 Å². The van der Waals surface area contributed by atoms with Crippen LogP contribution in [0.5, 0.6) is 0 Å². The second kappa shape index (κ2) is 11.4. The number of nitrogens with zero attached hydrogens (tertiary/aromatic N) is 5. The maximum Gasteiger partial charge on any atom is 0.264 e. The van der Waals surface area contributed by atoms with Crippen molar-refractivity contribution in [2.75, 3.05) is 26.2 Å². The normalized spacial score (nSPS) is 17.0. The van der Waals surface area contributed by atoms with Gasteiger partial charge in [-0.3, -0.25) is 14.5 Å². The summed E-state index contributed by atoms with van der Waals surface area (Å²) >= 11 is 1.55. The monoisotopic (exact) mass is 557 g/mol. The first-order valence-electron chi connectivity index (χ1n) is 13.9. The first-order chi connectivity index (χ1) is 19.5. The predicted molar refractivity (Wildman–Crippen MR) is 154 cm³/mol. The standard InChI is InChI=1S/C30H35N7O2S/c1-22-6-17-40-27(22)29(39)36-15-8-30(9-16-36)7-14-35(21-30)18-23-2-4-24(5-3-23)28(38)37(19-25-31-10-11-32-25)20-26-33-12-13-34-26/h2-6,10-13,17H,7-9,14-16,18-21H2,1H3,(H,31,32)(H,33,34). The van der Waals surface area contributed by atoms with Crippen LogP contribution in [-0.2, 0) is 19.6 Å². The van der Waals surface area contributed by atoms with E-state index in [0.29, 0.717) is 24.1 Å². The molecule has 0 aliphatic carbocycles. The van der Waals surface area contributed by atoms with E-state index >= 15 is 0 Å². The zero-order valence-electron chi connectivity index (χ0n) is 22.8. The van der Waals surface area contributed by atoms with Crippen LogP contribution in [-0.4, -0.2) is 72.6 Å². The van der Waals surface area contributed by atoms with E-state index in [2.05, 4.69) is 37.0 Å². The lowest BCUT2D eigenvalue weighted by Crippen LogP contribution is -2.44. The number of aryl methyl sites for hydroxylation is 1. The van der Waals surface area contributed by atoms with Crippen molar-refractivity contribution in [2.24, 2.45) is 5.41 Å². The Labute approximate surface area is 238 Å². The van der Waals surface area contributed by atoms with E-state index < -0.39 is 0 Å². The van der Waals surface area contributed by atoms with Gasteiger partial charge in [-0.05, 0) is 72.9 Å². The van der Waals surface area contributed by atoms with Gasteiger partial charge in [0.2, 0.25) is 0 Å². The van der Waals surface area contributed by atoms with Crippen molar-refractivity contribution in [3.05, 3.63) is 93.7 Å². The summed E-state index contributed by atoms with van der Waals surface area (Å²) in [5.41, 5.74) is 3.24. The van der Waals surface area contributed by atoms with E-state index in [0.717, 1.165) is 67.7 Å². The molecule has 2 aliphatic heterocycles. The fourth-order valence-corrected chi connectivity index (χ4v) is 6.91. The molecule has 2 amide bonds. The first kappa shape index (κ1) is 26.5. The lowest BCUT2D eigenvalue weighted by Gasteiger charge is -2.39. The summed E-state index contributed by atoms with van der Waals surface area (Å²) in [6.45, 7) is 7.45. The Morgan fingerprint density at radius 1 is 0.950 bits per heavy atom. The van der Waals surface area contributed by atoms with Gasteiger partial charge in [0.05, 0.1) is 18.0 Å². The highest BCUT2D eigenvalue weighted by Crippen LogP contribution is 2.41. The van der Waals surface area contributed by atoms with Crippen LogP contribution in [0.3, 0.4) is 0 Å². The highest BCUT2D eigenvalue weighted by Gasteiger charge is 2.41. The molecule has 2 N–H and O–H groups in total. The fourth-order valence-electron chi connectivity index (χ4n) is 6.01. The number of imidazole rings is 2. The zero-order chi connectivity index (χ0) is 27.5. The molecule has 1 spiro atoms. The Morgan fingerprint density at radius 2 is 1.60 bits per heavy atom. The molecule has 0 unspecified atom stereocenters. The number of rotatable bonds is 8. The van der Waals surface area contributed by atoms with Crippen LogP contribution in [0.4, 0.5) is 0 Å². The zero-order valence-corrected chi connectivity index (χ0v) is 23.6. The Hall–Kier alpha value is -3.76. The molecule has 2 fully saturated rings. The number of carbonyl (C=O) groups excluding carboxylic acids is 2. The molecule has 0 atom stereocenters. The molecule has 2 aliphatic rings. The number of aromatic nitrogens is 4. The molecule has 3 aromatic heterocycles. The molecule has 208 valence electrons. The van der Waals surface area contributed by atoms with E-state index in [4.69, 9.17) is 0 Å². The summed E-state index contributed by atoms with van der Waals surface area (Å²) in [6, 6.07) is 10.0. The summed E-state index contributed by atoms with van der Waals surface area (Å²) in [5.74, 6) is 1.60. The minimum Gasteiger partial charge on any atom is -0.347 e. The third kappa shape index (κ3) is 5.73. The Bertz CT molecular complexity index is 1380. The van der Waals surface area contributed by atoms with Crippen molar-refractivity contribution < 1.29 is 9.59 Å². The number of piperidine rings is 1. The maximum absolute atomic E-state index is 13.4. The van der Waals surface area contributed by atoms with Gasteiger partial charge in [-0.1, -0.05) is 12.1 Å². The number of H-pyrrole nitrogens is 2. The average Bonchev–Trinajstić information content (AvgIpc) is 3.79. The topological polar surface area (TPSA) is 101 Å². The van der Waals surface area contributed by atoms with Crippen molar-refractivity contribution in [2.45, 2.75) is 45.8 Å². The van der Waals surface area contributed by atoms with Crippen molar-refractivity contribution in [3.63, 3.8) is 0 Å². The van der Waals surface area contributed by atoms with Crippen LogP contribution in [0, 0.1) is 12.3 Å². The van der Waals surface area contributed by atoms with E-state index in [-0.39, 0.29) is 11.8 Å². The van der Waals surface area contributed by atoms with E-state index in [1.54, 1.807) is 41.0 Å². The van der Waals surface area contributed by atoms with Gasteiger partial charge in [-0.25, -0.2) is 9.97 Å². The second-order valence-corrected chi connectivity index (χ2v) is 12.0. The molecule has 0 radical (unpaired) electrons. The van der Waals surface area contributed by atoms with Crippen molar-refractivity contribution in [3.8, 4) is 0 Å². The number of hydrogen-bond donors (Lipinski definition) is 2. The van der Waals surface area contributed by atoms with Crippen LogP contribution in [0.25, 0.3) is 0 Å². The molecular formula is C30H35N7O2S. The van der Waals surface area contributed by atoms with Gasteiger partial charge in [0, 0.05) is 56.5 Å². The Kier molecular flexibility index (Phi) is 7.53. The second-order valence-electron chi connectivity index (χ2n) is 11.1. The summed E-state index contributed by atoms with van der Waals surface area (Å²) in [7, 11) is 0. The third-order valence-corrected chi connectivity index (χ3v) is 9.37. The predicted octanol–water partition coefficient (Wildman–Crippen LogP) is 4.47. The molecule has 4 aromatic rings. The number of aromatic amines is 2. The number of thiophene rings is 1. The van der Waals surface area contributed by atoms with Gasteiger partial charge in [-0.15, -0.1) is 11.3 Å². The molecule has 10 heteroatoms. The number of carbonyl (C=O) groups is 2. The van der Waals surface area contributed by atoms with Crippen LogP contribution in [0.2, 0.25) is 0 Å². The number of amides is 2. The molecule has 2 saturated heterocycles. The summed E-state index contributed by atoms with van der Waals surface area (Å²) in [4.78, 5) is 48.3. The van der Waals surface area contributed by atoms with Crippen LogP contribution < -0.4 is 0 Å². The van der Waals surface area contributed by atoms with E-state index in [1.165, 1.54) is 12.0 Å². The third-order valence-electron chi connectivity index (χ3n) is 8.37. The molecule has 0 bridgehead atoms. The minimum absolute atomic E-state index is 0.0569. The highest BCUT2D eigenvalue weighted by molar-refractivity contribution is 7.12. The van der Waals surface area contributed by atoms with Gasteiger partial charge < -0.3 is 19.8 Å². The lowest BCUT2D eigenvalue weighted by molar-refractivity contribution is 0.0591. The molecule has 40 heavy (non-hydrogen) atoms. The molecule has 0 saturated carbocycles. The number of nitrogens with one attached hydrogen (secondary N) is 2. The Balaban J connectivity index is 1.04. The average molecular weight is 558 g/mol. The summed E-state index contributed by atoms with van der Waals surface area (Å²) < 4.78 is 0. The molecule has 5 heterocycles. The van der Waals surface area contributed by atoms with Crippen LogP contribution >= 0.6 is 11.3 Å². The quantitative estimate of drug-likeness (QED) is 0.333. The van der Waals surface area contributed by atoms with E-state index in [1.807, 2.05) is 35.4 Å². The Morgan fingerprint density at radius 3 is 2.17 bits per heavy atom. The minimum atomic E-state index is -0.0569. The summed E-state index contributed by atoms with van der Waals surface area (Å²) in [6.07, 6.45) is 10.2. The SMILES string of the molecule is Cc1ccsc1C(=O)N1CCC2(CCN(Cc3ccc(C(=O)N(Cc4ncc[nH]4)Cc4ncc[nH]4)cc3)C2)CC1.